The van der Waals surface area contributed by atoms with E-state index in [0.717, 1.165) is 12.2 Å². The summed E-state index contributed by atoms with van der Waals surface area (Å²) in [5.41, 5.74) is 8.88. The Labute approximate surface area is 160 Å². The van der Waals surface area contributed by atoms with Gasteiger partial charge in [-0.15, -0.1) is 0 Å². The van der Waals surface area contributed by atoms with Gasteiger partial charge in [0.25, 0.3) is 0 Å². The zero-order chi connectivity index (χ0) is 19.7. The third-order valence-electron chi connectivity index (χ3n) is 4.31. The molecule has 2 aromatic rings. The molecule has 2 rings (SSSR count). The maximum absolute atomic E-state index is 5.62. The van der Waals surface area contributed by atoms with Crippen LogP contribution >= 0.6 is 0 Å². The van der Waals surface area contributed by atoms with Gasteiger partial charge in [0.2, 0.25) is 0 Å². The topological polar surface area (TPSA) is 9.23 Å². The van der Waals surface area contributed by atoms with Gasteiger partial charge in [0.05, 0.1) is 7.11 Å². The first-order valence-corrected chi connectivity index (χ1v) is 9.47. The number of aryl methyl sites for hydroxylation is 3. The molecule has 0 N–H and O–H groups in total. The molecule has 0 unspecified atom stereocenters. The largest absolute Gasteiger partial charge is 0.496 e. The van der Waals surface area contributed by atoms with E-state index in [1.165, 1.54) is 39.0 Å². The number of rotatable bonds is 5. The highest BCUT2D eigenvalue weighted by molar-refractivity contribution is 5.73. The molecule has 0 bridgehead atoms. The Balaban J connectivity index is 0.00000163. The fourth-order valence-corrected chi connectivity index (χ4v) is 2.72. The molecular formula is C25H34O. The van der Waals surface area contributed by atoms with Gasteiger partial charge in [-0.1, -0.05) is 61.9 Å². The Morgan fingerprint density at radius 1 is 0.923 bits per heavy atom. The molecule has 0 saturated carbocycles. The SMILES string of the molecule is CC.COc1cc(C)cc(/C=C/c2ccc(C)c(C)c2)c1CC=C(C)C. The van der Waals surface area contributed by atoms with Crippen LogP contribution in [0.15, 0.2) is 42.0 Å². The zero-order valence-corrected chi connectivity index (χ0v) is 17.7. The van der Waals surface area contributed by atoms with Crippen LogP contribution in [0.4, 0.5) is 0 Å². The Bertz CT molecular complexity index is 775. The van der Waals surface area contributed by atoms with E-state index in [9.17, 15) is 0 Å². The fourth-order valence-electron chi connectivity index (χ4n) is 2.72. The van der Waals surface area contributed by atoms with E-state index in [2.05, 4.69) is 83.2 Å². The van der Waals surface area contributed by atoms with Crippen LogP contribution in [0.25, 0.3) is 12.2 Å². The van der Waals surface area contributed by atoms with Crippen molar-refractivity contribution in [2.24, 2.45) is 0 Å². The molecule has 0 aliphatic heterocycles. The Morgan fingerprint density at radius 2 is 1.62 bits per heavy atom. The Morgan fingerprint density at radius 3 is 2.19 bits per heavy atom. The molecule has 0 aliphatic carbocycles. The summed E-state index contributed by atoms with van der Waals surface area (Å²) in [7, 11) is 1.75. The second-order valence-corrected chi connectivity index (χ2v) is 6.70. The van der Waals surface area contributed by atoms with E-state index in [-0.39, 0.29) is 0 Å². The summed E-state index contributed by atoms with van der Waals surface area (Å²) in [5, 5.41) is 0. The van der Waals surface area contributed by atoms with Gasteiger partial charge in [-0.2, -0.15) is 0 Å². The Hall–Kier alpha value is -2.28. The van der Waals surface area contributed by atoms with E-state index < -0.39 is 0 Å². The third-order valence-corrected chi connectivity index (χ3v) is 4.31. The lowest BCUT2D eigenvalue weighted by Crippen LogP contribution is -1.96. The maximum Gasteiger partial charge on any atom is 0.123 e. The molecule has 0 aliphatic rings. The molecule has 0 radical (unpaired) electrons. The second kappa shape index (κ2) is 10.7. The van der Waals surface area contributed by atoms with Crippen LogP contribution in [0.3, 0.4) is 0 Å². The molecule has 0 fully saturated rings. The van der Waals surface area contributed by atoms with Crippen molar-refractivity contribution in [2.75, 3.05) is 7.11 Å². The number of hydrogen-bond donors (Lipinski definition) is 0. The van der Waals surface area contributed by atoms with Gasteiger partial charge >= 0.3 is 0 Å². The normalized spacial score (nSPS) is 10.3. The first kappa shape index (κ1) is 21.8. The molecule has 0 saturated heterocycles. The monoisotopic (exact) mass is 350 g/mol. The predicted octanol–water partition coefficient (Wildman–Crippen LogP) is 7.33. The molecule has 0 spiro atoms. The highest BCUT2D eigenvalue weighted by atomic mass is 16.5. The van der Waals surface area contributed by atoms with Gasteiger partial charge in [0.15, 0.2) is 0 Å². The number of methoxy groups -OCH3 is 1. The number of hydrogen-bond acceptors (Lipinski definition) is 1. The van der Waals surface area contributed by atoms with E-state index in [1.807, 2.05) is 13.8 Å². The standard InChI is InChI=1S/C23H28O.C2H6/c1-16(2)7-12-22-21(13-17(3)14-23(22)24-6)11-10-20-9-8-18(4)19(5)15-20;1-2/h7-11,13-15H,12H2,1-6H3;1-2H3/b11-10+;. The minimum Gasteiger partial charge on any atom is -0.496 e. The average Bonchev–Trinajstić information content (AvgIpc) is 2.62. The molecule has 0 atom stereocenters. The number of ether oxygens (including phenoxy) is 1. The van der Waals surface area contributed by atoms with Gasteiger partial charge in [0, 0.05) is 5.56 Å². The summed E-state index contributed by atoms with van der Waals surface area (Å²) in [5.74, 6) is 0.965. The highest BCUT2D eigenvalue weighted by Crippen LogP contribution is 2.27. The molecule has 1 nitrogen and oxygen atoms in total. The molecule has 0 amide bonds. The summed E-state index contributed by atoms with van der Waals surface area (Å²) in [6, 6.07) is 10.9. The molecule has 140 valence electrons. The Kier molecular flexibility index (Phi) is 8.92. The van der Waals surface area contributed by atoms with Crippen LogP contribution in [-0.4, -0.2) is 7.11 Å². The van der Waals surface area contributed by atoms with Crippen molar-refractivity contribution < 1.29 is 4.74 Å². The summed E-state index contributed by atoms with van der Waals surface area (Å²) in [6.07, 6.45) is 7.53. The molecule has 26 heavy (non-hydrogen) atoms. The van der Waals surface area contributed by atoms with E-state index >= 15 is 0 Å². The predicted molar refractivity (Wildman–Crippen MR) is 117 cm³/mol. The number of benzene rings is 2. The molecular weight excluding hydrogens is 316 g/mol. The average molecular weight is 351 g/mol. The molecule has 0 aromatic heterocycles. The minimum absolute atomic E-state index is 0.887. The zero-order valence-electron chi connectivity index (χ0n) is 17.7. The quantitative estimate of drug-likeness (QED) is 0.405. The summed E-state index contributed by atoms with van der Waals surface area (Å²) in [6.45, 7) is 14.7. The fraction of sp³-hybridized carbons (Fsp3) is 0.360. The lowest BCUT2D eigenvalue weighted by Gasteiger charge is -2.12. The van der Waals surface area contributed by atoms with E-state index in [0.29, 0.717) is 0 Å². The van der Waals surface area contributed by atoms with Crippen molar-refractivity contribution >= 4 is 12.2 Å². The number of allylic oxidation sites excluding steroid dienone is 2. The van der Waals surface area contributed by atoms with Crippen LogP contribution < -0.4 is 4.74 Å². The van der Waals surface area contributed by atoms with Crippen LogP contribution in [-0.2, 0) is 6.42 Å². The highest BCUT2D eigenvalue weighted by Gasteiger charge is 2.08. The van der Waals surface area contributed by atoms with Crippen molar-refractivity contribution in [2.45, 2.75) is 54.9 Å². The van der Waals surface area contributed by atoms with Crippen molar-refractivity contribution in [1.82, 2.24) is 0 Å². The van der Waals surface area contributed by atoms with Gasteiger partial charge < -0.3 is 4.74 Å². The third kappa shape index (κ3) is 6.22. The lowest BCUT2D eigenvalue weighted by molar-refractivity contribution is 0.410. The lowest BCUT2D eigenvalue weighted by atomic mass is 9.98. The van der Waals surface area contributed by atoms with Crippen molar-refractivity contribution in [3.63, 3.8) is 0 Å². The smallest absolute Gasteiger partial charge is 0.123 e. The van der Waals surface area contributed by atoms with Crippen LogP contribution in [0.5, 0.6) is 5.75 Å². The van der Waals surface area contributed by atoms with Gasteiger partial charge in [-0.25, -0.2) is 0 Å². The summed E-state index contributed by atoms with van der Waals surface area (Å²) in [4.78, 5) is 0. The first-order chi connectivity index (χ1) is 12.4. The van der Waals surface area contributed by atoms with Crippen molar-refractivity contribution in [3.05, 3.63) is 75.4 Å². The molecule has 0 heterocycles. The summed E-state index contributed by atoms with van der Waals surface area (Å²) < 4.78 is 5.62. The van der Waals surface area contributed by atoms with Crippen LogP contribution in [0, 0.1) is 20.8 Å². The molecule has 2 aromatic carbocycles. The van der Waals surface area contributed by atoms with E-state index in [1.54, 1.807) is 7.11 Å². The van der Waals surface area contributed by atoms with Gasteiger partial charge in [-0.05, 0) is 74.9 Å². The minimum atomic E-state index is 0.887. The first-order valence-electron chi connectivity index (χ1n) is 9.47. The molecule has 1 heteroatoms. The van der Waals surface area contributed by atoms with Crippen LogP contribution in [0.1, 0.15) is 61.1 Å². The van der Waals surface area contributed by atoms with Crippen LogP contribution in [0.2, 0.25) is 0 Å². The maximum atomic E-state index is 5.62. The second-order valence-electron chi connectivity index (χ2n) is 6.70. The van der Waals surface area contributed by atoms with Gasteiger partial charge in [0.1, 0.15) is 5.75 Å². The van der Waals surface area contributed by atoms with Crippen molar-refractivity contribution in [1.29, 1.82) is 0 Å². The van der Waals surface area contributed by atoms with E-state index in [4.69, 9.17) is 4.74 Å². The van der Waals surface area contributed by atoms with Gasteiger partial charge in [-0.3, -0.25) is 0 Å². The van der Waals surface area contributed by atoms with Crippen molar-refractivity contribution in [3.8, 4) is 5.75 Å². The summed E-state index contributed by atoms with van der Waals surface area (Å²) >= 11 is 0.